The Morgan fingerprint density at radius 1 is 1.00 bits per heavy atom. The highest BCUT2D eigenvalue weighted by molar-refractivity contribution is 5.79. The summed E-state index contributed by atoms with van der Waals surface area (Å²) in [6.45, 7) is 5.35. The number of hydrogen-bond acceptors (Lipinski definition) is 2. The van der Waals surface area contributed by atoms with Gasteiger partial charge in [0.05, 0.1) is 0 Å². The van der Waals surface area contributed by atoms with Gasteiger partial charge in [-0.1, -0.05) is 67.6 Å². The van der Waals surface area contributed by atoms with Gasteiger partial charge in [-0.15, -0.1) is 0 Å². The fraction of sp³-hybridized carbons (Fsp3) is 0.458. The van der Waals surface area contributed by atoms with Crippen LogP contribution in [-0.2, 0) is 17.8 Å². The van der Waals surface area contributed by atoms with Gasteiger partial charge in [-0.25, -0.2) is 0 Å². The summed E-state index contributed by atoms with van der Waals surface area (Å²) in [4.78, 5) is 15.3. The van der Waals surface area contributed by atoms with Crippen molar-refractivity contribution in [3.8, 4) is 0 Å². The molecule has 1 heterocycles. The number of nitrogens with zero attached hydrogens (tertiary/aromatic N) is 1. The van der Waals surface area contributed by atoms with Crippen LogP contribution in [0.1, 0.15) is 30.9 Å². The molecule has 1 unspecified atom stereocenters. The van der Waals surface area contributed by atoms with Crippen LogP contribution in [0.3, 0.4) is 0 Å². The molecular weight excluding hydrogens is 332 g/mol. The Bertz CT molecular complexity index is 745. The molecule has 1 saturated carbocycles. The van der Waals surface area contributed by atoms with E-state index >= 15 is 0 Å². The van der Waals surface area contributed by atoms with Crippen molar-refractivity contribution >= 4 is 5.91 Å². The molecule has 1 saturated heterocycles. The van der Waals surface area contributed by atoms with Gasteiger partial charge in [-0.3, -0.25) is 9.69 Å². The summed E-state index contributed by atoms with van der Waals surface area (Å²) in [6, 6.07) is 21.4. The number of benzene rings is 2. The van der Waals surface area contributed by atoms with Crippen molar-refractivity contribution in [2.45, 2.75) is 38.8 Å². The zero-order valence-electron chi connectivity index (χ0n) is 16.2. The van der Waals surface area contributed by atoms with Gasteiger partial charge in [0.1, 0.15) is 0 Å². The molecule has 0 bridgehead atoms. The molecule has 142 valence electrons. The molecule has 27 heavy (non-hydrogen) atoms. The topological polar surface area (TPSA) is 32.3 Å². The van der Waals surface area contributed by atoms with E-state index in [1.54, 1.807) is 0 Å². The Hall–Kier alpha value is -2.13. The average molecular weight is 363 g/mol. The molecule has 0 spiro atoms. The number of amides is 1. The first-order chi connectivity index (χ1) is 13.2. The number of nitrogens with one attached hydrogen (secondary N) is 1. The third-order valence-electron chi connectivity index (χ3n) is 6.34. The molecule has 3 nitrogen and oxygen atoms in total. The largest absolute Gasteiger partial charge is 0.353 e. The molecule has 2 aromatic rings. The summed E-state index contributed by atoms with van der Waals surface area (Å²) < 4.78 is 0. The maximum atomic E-state index is 12.7. The van der Waals surface area contributed by atoms with E-state index in [1.807, 2.05) is 25.1 Å². The molecule has 4 rings (SSSR count). The van der Waals surface area contributed by atoms with E-state index in [1.165, 1.54) is 24.1 Å². The van der Waals surface area contributed by atoms with Crippen LogP contribution >= 0.6 is 0 Å². The second-order valence-electron chi connectivity index (χ2n) is 8.39. The minimum atomic E-state index is 0.0216. The number of hydrogen-bond donors (Lipinski definition) is 1. The molecular formula is C24H30N2O. The van der Waals surface area contributed by atoms with E-state index in [2.05, 4.69) is 52.7 Å². The summed E-state index contributed by atoms with van der Waals surface area (Å²) in [6.07, 6.45) is 3.19. The molecule has 1 aliphatic heterocycles. The zero-order chi connectivity index (χ0) is 18.6. The first kappa shape index (κ1) is 18.2. The normalized spacial score (nSPS) is 25.9. The van der Waals surface area contributed by atoms with Crippen LogP contribution in [0.2, 0.25) is 0 Å². The third-order valence-corrected chi connectivity index (χ3v) is 6.34. The minimum Gasteiger partial charge on any atom is -0.353 e. The van der Waals surface area contributed by atoms with Crippen molar-refractivity contribution in [2.24, 2.45) is 17.8 Å². The van der Waals surface area contributed by atoms with Crippen LogP contribution in [0.4, 0.5) is 0 Å². The smallest absolute Gasteiger partial charge is 0.223 e. The number of carbonyl (C=O) groups excluding carboxylic acids is 1. The molecule has 4 atom stereocenters. The second-order valence-corrected chi connectivity index (χ2v) is 8.39. The van der Waals surface area contributed by atoms with Gasteiger partial charge in [0.25, 0.3) is 0 Å². The number of rotatable bonds is 6. The van der Waals surface area contributed by atoms with Crippen LogP contribution in [0, 0.1) is 17.8 Å². The lowest BCUT2D eigenvalue weighted by atomic mass is 9.96. The Balaban J connectivity index is 1.30. The van der Waals surface area contributed by atoms with Crippen LogP contribution in [-0.4, -0.2) is 29.9 Å². The Morgan fingerprint density at radius 2 is 1.67 bits per heavy atom. The number of fused-ring (bicyclic) bond motifs is 1. The molecule has 1 N–H and O–H groups in total. The average Bonchev–Trinajstić information content (AvgIpc) is 3.24. The van der Waals surface area contributed by atoms with Crippen LogP contribution in [0.15, 0.2) is 60.7 Å². The molecule has 3 heteroatoms. The number of carbonyl (C=O) groups is 1. The summed E-state index contributed by atoms with van der Waals surface area (Å²) in [5, 5.41) is 3.39. The minimum absolute atomic E-state index is 0.0216. The molecule has 0 radical (unpaired) electrons. The Kier molecular flexibility index (Phi) is 5.58. The van der Waals surface area contributed by atoms with Crippen LogP contribution < -0.4 is 5.32 Å². The van der Waals surface area contributed by atoms with Crippen molar-refractivity contribution in [3.63, 3.8) is 0 Å². The van der Waals surface area contributed by atoms with Crippen molar-refractivity contribution in [1.29, 1.82) is 0 Å². The van der Waals surface area contributed by atoms with Gasteiger partial charge < -0.3 is 5.32 Å². The van der Waals surface area contributed by atoms with Crippen molar-refractivity contribution in [3.05, 3.63) is 71.8 Å². The van der Waals surface area contributed by atoms with Gasteiger partial charge in [0.15, 0.2) is 0 Å². The highest BCUT2D eigenvalue weighted by Crippen LogP contribution is 2.38. The first-order valence-corrected chi connectivity index (χ1v) is 10.3. The van der Waals surface area contributed by atoms with Crippen LogP contribution in [0.25, 0.3) is 0 Å². The summed E-state index contributed by atoms with van der Waals surface area (Å²) in [5.74, 6) is 1.59. The lowest BCUT2D eigenvalue weighted by Gasteiger charge is -2.23. The molecule has 2 fully saturated rings. The standard InChI is InChI=1S/C24H30N2O/c1-18(14-19-8-4-2-5-9-19)24(27)25-23-13-12-21-16-26(17-22(21)23)15-20-10-6-3-7-11-20/h2-11,18,21-23H,12-17H2,1H3,(H,25,27)/t18?,21-,22+,23+/m0/s1. The van der Waals surface area contributed by atoms with Crippen molar-refractivity contribution in [1.82, 2.24) is 10.2 Å². The van der Waals surface area contributed by atoms with Gasteiger partial charge in [0.2, 0.25) is 5.91 Å². The summed E-state index contributed by atoms with van der Waals surface area (Å²) >= 11 is 0. The predicted molar refractivity (Wildman–Crippen MR) is 109 cm³/mol. The highest BCUT2D eigenvalue weighted by Gasteiger charge is 2.43. The molecule has 1 amide bonds. The second kappa shape index (κ2) is 8.26. The molecule has 2 aliphatic rings. The van der Waals surface area contributed by atoms with E-state index < -0.39 is 0 Å². The summed E-state index contributed by atoms with van der Waals surface area (Å²) in [7, 11) is 0. The molecule has 1 aliphatic carbocycles. The van der Waals surface area contributed by atoms with E-state index in [0.29, 0.717) is 12.0 Å². The van der Waals surface area contributed by atoms with Gasteiger partial charge in [-0.2, -0.15) is 0 Å². The van der Waals surface area contributed by atoms with Crippen LogP contribution in [0.5, 0.6) is 0 Å². The first-order valence-electron chi connectivity index (χ1n) is 10.3. The van der Waals surface area contributed by atoms with E-state index in [0.717, 1.165) is 31.8 Å². The zero-order valence-corrected chi connectivity index (χ0v) is 16.2. The van der Waals surface area contributed by atoms with Crippen molar-refractivity contribution in [2.75, 3.05) is 13.1 Å². The van der Waals surface area contributed by atoms with Gasteiger partial charge >= 0.3 is 0 Å². The fourth-order valence-corrected chi connectivity index (χ4v) is 4.89. The maximum Gasteiger partial charge on any atom is 0.223 e. The monoisotopic (exact) mass is 362 g/mol. The lowest BCUT2D eigenvalue weighted by Crippen LogP contribution is -2.42. The number of likely N-dealkylation sites (tertiary alicyclic amines) is 1. The third kappa shape index (κ3) is 4.41. The summed E-state index contributed by atoms with van der Waals surface area (Å²) in [5.41, 5.74) is 2.62. The SMILES string of the molecule is CC(Cc1ccccc1)C(=O)N[C@@H]1CC[C@H]2CN(Cc3ccccc3)C[C@H]21. The van der Waals surface area contributed by atoms with E-state index in [-0.39, 0.29) is 11.8 Å². The predicted octanol–water partition coefficient (Wildman–Crippen LogP) is 3.89. The Morgan fingerprint density at radius 3 is 2.37 bits per heavy atom. The quantitative estimate of drug-likeness (QED) is 0.845. The highest BCUT2D eigenvalue weighted by atomic mass is 16.1. The molecule has 0 aromatic heterocycles. The lowest BCUT2D eigenvalue weighted by molar-refractivity contribution is -0.125. The van der Waals surface area contributed by atoms with E-state index in [4.69, 9.17) is 0 Å². The fourth-order valence-electron chi connectivity index (χ4n) is 4.89. The van der Waals surface area contributed by atoms with Gasteiger partial charge in [0, 0.05) is 31.6 Å². The van der Waals surface area contributed by atoms with Gasteiger partial charge in [-0.05, 0) is 42.2 Å². The van der Waals surface area contributed by atoms with Crippen molar-refractivity contribution < 1.29 is 4.79 Å². The molecule has 2 aromatic carbocycles. The Labute approximate surface area is 162 Å². The van der Waals surface area contributed by atoms with E-state index in [9.17, 15) is 4.79 Å². The maximum absolute atomic E-state index is 12.7.